The quantitative estimate of drug-likeness (QED) is 0.873. The lowest BCUT2D eigenvalue weighted by Gasteiger charge is -2.11. The van der Waals surface area contributed by atoms with Gasteiger partial charge in [-0.2, -0.15) is 0 Å². The summed E-state index contributed by atoms with van der Waals surface area (Å²) in [6.07, 6.45) is 0. The van der Waals surface area contributed by atoms with Gasteiger partial charge >= 0.3 is 0 Å². The van der Waals surface area contributed by atoms with E-state index in [2.05, 4.69) is 10.6 Å². The van der Waals surface area contributed by atoms with Crippen LogP contribution in [0.3, 0.4) is 0 Å². The number of hydrogen-bond donors (Lipinski definition) is 2. The second kappa shape index (κ2) is 6.09. The normalized spacial score (nSPS) is 12.2. The number of amides is 1. The Bertz CT molecular complexity index is 362. The summed E-state index contributed by atoms with van der Waals surface area (Å²) in [7, 11) is 1.84. The largest absolute Gasteiger partial charge is 0.350 e. The molecule has 0 saturated carbocycles. The summed E-state index contributed by atoms with van der Waals surface area (Å²) in [6, 6.07) is 4.99. The first-order valence-corrected chi connectivity index (χ1v) is 5.70. The smallest absolute Gasteiger partial charge is 0.251 e. The first-order chi connectivity index (χ1) is 7.52. The molecule has 5 heteroatoms. The van der Waals surface area contributed by atoms with Crippen LogP contribution in [0.15, 0.2) is 18.2 Å². The van der Waals surface area contributed by atoms with E-state index in [-0.39, 0.29) is 11.9 Å². The van der Waals surface area contributed by atoms with Crippen molar-refractivity contribution < 1.29 is 4.79 Å². The SMILES string of the molecule is CNC(C)CNC(=O)c1cc(Cl)cc(Cl)c1. The van der Waals surface area contributed by atoms with E-state index in [0.29, 0.717) is 22.2 Å². The van der Waals surface area contributed by atoms with Crippen molar-refractivity contribution in [1.82, 2.24) is 10.6 Å². The second-order valence-electron chi connectivity index (χ2n) is 3.56. The number of rotatable bonds is 4. The topological polar surface area (TPSA) is 41.1 Å². The van der Waals surface area contributed by atoms with Crippen molar-refractivity contribution in [3.8, 4) is 0 Å². The Morgan fingerprint density at radius 2 is 1.88 bits per heavy atom. The van der Waals surface area contributed by atoms with Gasteiger partial charge in [-0.1, -0.05) is 23.2 Å². The number of carbonyl (C=O) groups excluding carboxylic acids is 1. The fourth-order valence-corrected chi connectivity index (χ4v) is 1.66. The zero-order valence-corrected chi connectivity index (χ0v) is 10.7. The number of likely N-dealkylation sites (N-methyl/N-ethyl adjacent to an activating group) is 1. The van der Waals surface area contributed by atoms with E-state index < -0.39 is 0 Å². The van der Waals surface area contributed by atoms with E-state index in [1.807, 2.05) is 14.0 Å². The van der Waals surface area contributed by atoms with Crippen LogP contribution in [0.2, 0.25) is 10.0 Å². The maximum absolute atomic E-state index is 11.7. The molecule has 0 aromatic heterocycles. The molecule has 16 heavy (non-hydrogen) atoms. The standard InChI is InChI=1S/C11H14Cl2N2O/c1-7(14-2)6-15-11(16)8-3-9(12)5-10(13)4-8/h3-5,7,14H,6H2,1-2H3,(H,15,16). The molecule has 1 amide bonds. The lowest BCUT2D eigenvalue weighted by molar-refractivity contribution is 0.0950. The van der Waals surface area contributed by atoms with E-state index in [1.165, 1.54) is 0 Å². The highest BCUT2D eigenvalue weighted by atomic mass is 35.5. The van der Waals surface area contributed by atoms with E-state index >= 15 is 0 Å². The summed E-state index contributed by atoms with van der Waals surface area (Å²) in [6.45, 7) is 2.53. The Hall–Kier alpha value is -0.770. The average Bonchev–Trinajstić information content (AvgIpc) is 2.23. The molecule has 0 radical (unpaired) electrons. The molecule has 2 N–H and O–H groups in total. The molecule has 1 aromatic rings. The van der Waals surface area contributed by atoms with Gasteiger partial charge in [0.15, 0.2) is 0 Å². The molecule has 1 aromatic carbocycles. The minimum Gasteiger partial charge on any atom is -0.350 e. The van der Waals surface area contributed by atoms with Crippen molar-refractivity contribution in [3.63, 3.8) is 0 Å². The molecule has 0 aliphatic rings. The van der Waals surface area contributed by atoms with Gasteiger partial charge in [-0.25, -0.2) is 0 Å². The minimum atomic E-state index is -0.175. The molecule has 1 unspecified atom stereocenters. The van der Waals surface area contributed by atoms with Crippen LogP contribution in [0, 0.1) is 0 Å². The lowest BCUT2D eigenvalue weighted by Crippen LogP contribution is -2.37. The zero-order chi connectivity index (χ0) is 12.1. The highest BCUT2D eigenvalue weighted by molar-refractivity contribution is 6.35. The summed E-state index contributed by atoms with van der Waals surface area (Å²) in [5.41, 5.74) is 0.473. The van der Waals surface area contributed by atoms with Gasteiger partial charge in [-0.15, -0.1) is 0 Å². The second-order valence-corrected chi connectivity index (χ2v) is 4.43. The number of halogens is 2. The molecule has 0 spiro atoms. The van der Waals surface area contributed by atoms with Gasteiger partial charge in [-0.05, 0) is 32.2 Å². The molecular formula is C11H14Cl2N2O. The molecule has 3 nitrogen and oxygen atoms in total. The van der Waals surface area contributed by atoms with Crippen LogP contribution in [-0.2, 0) is 0 Å². The van der Waals surface area contributed by atoms with Crippen molar-refractivity contribution in [3.05, 3.63) is 33.8 Å². The Morgan fingerprint density at radius 1 is 1.31 bits per heavy atom. The molecule has 1 atom stereocenters. The van der Waals surface area contributed by atoms with Crippen molar-refractivity contribution >= 4 is 29.1 Å². The Kier molecular flexibility index (Phi) is 5.06. The third-order valence-electron chi connectivity index (χ3n) is 2.19. The van der Waals surface area contributed by atoms with Crippen LogP contribution in [0.5, 0.6) is 0 Å². The molecule has 1 rings (SSSR count). The maximum Gasteiger partial charge on any atom is 0.251 e. The summed E-state index contributed by atoms with van der Waals surface area (Å²) >= 11 is 11.6. The van der Waals surface area contributed by atoms with Crippen LogP contribution in [0.25, 0.3) is 0 Å². The number of benzene rings is 1. The molecule has 0 aliphatic carbocycles. The van der Waals surface area contributed by atoms with E-state index in [1.54, 1.807) is 18.2 Å². The molecule has 0 aliphatic heterocycles. The summed E-state index contributed by atoms with van der Waals surface area (Å²) < 4.78 is 0. The highest BCUT2D eigenvalue weighted by Gasteiger charge is 2.08. The van der Waals surface area contributed by atoms with Gasteiger partial charge < -0.3 is 10.6 Å². The van der Waals surface area contributed by atoms with Crippen LogP contribution < -0.4 is 10.6 Å². The van der Waals surface area contributed by atoms with Gasteiger partial charge in [-0.3, -0.25) is 4.79 Å². The number of nitrogens with one attached hydrogen (secondary N) is 2. The van der Waals surface area contributed by atoms with Gasteiger partial charge in [0.05, 0.1) is 0 Å². The molecule has 0 fully saturated rings. The highest BCUT2D eigenvalue weighted by Crippen LogP contribution is 2.18. The van der Waals surface area contributed by atoms with Crippen molar-refractivity contribution in [1.29, 1.82) is 0 Å². The van der Waals surface area contributed by atoms with Crippen molar-refractivity contribution in [2.45, 2.75) is 13.0 Å². The Labute approximate surface area is 105 Å². The third kappa shape index (κ3) is 4.00. The fourth-order valence-electron chi connectivity index (χ4n) is 1.13. The lowest BCUT2D eigenvalue weighted by atomic mass is 10.2. The molecule has 0 bridgehead atoms. The van der Waals surface area contributed by atoms with Crippen molar-refractivity contribution in [2.75, 3.05) is 13.6 Å². The maximum atomic E-state index is 11.7. The molecular weight excluding hydrogens is 247 g/mol. The van der Waals surface area contributed by atoms with Crippen LogP contribution in [0.1, 0.15) is 17.3 Å². The first-order valence-electron chi connectivity index (χ1n) is 4.94. The number of carbonyl (C=O) groups is 1. The van der Waals surface area contributed by atoms with Crippen LogP contribution in [-0.4, -0.2) is 25.5 Å². The molecule has 88 valence electrons. The van der Waals surface area contributed by atoms with E-state index in [0.717, 1.165) is 0 Å². The predicted octanol–water partition coefficient (Wildman–Crippen LogP) is 2.33. The Balaban J connectivity index is 2.66. The zero-order valence-electron chi connectivity index (χ0n) is 9.18. The third-order valence-corrected chi connectivity index (χ3v) is 2.62. The van der Waals surface area contributed by atoms with Gasteiger partial charge in [0, 0.05) is 28.2 Å². The summed E-state index contributed by atoms with van der Waals surface area (Å²) in [5.74, 6) is -0.175. The van der Waals surface area contributed by atoms with E-state index in [4.69, 9.17) is 23.2 Å². The minimum absolute atomic E-state index is 0.175. The van der Waals surface area contributed by atoms with Crippen molar-refractivity contribution in [2.24, 2.45) is 0 Å². The summed E-state index contributed by atoms with van der Waals surface area (Å²) in [5, 5.41) is 6.73. The fraction of sp³-hybridized carbons (Fsp3) is 0.364. The van der Waals surface area contributed by atoms with Crippen LogP contribution >= 0.6 is 23.2 Å². The number of hydrogen-bond acceptors (Lipinski definition) is 2. The van der Waals surface area contributed by atoms with Gasteiger partial charge in [0.2, 0.25) is 0 Å². The average molecular weight is 261 g/mol. The summed E-state index contributed by atoms with van der Waals surface area (Å²) in [4.78, 5) is 11.7. The first kappa shape index (κ1) is 13.3. The van der Waals surface area contributed by atoms with Gasteiger partial charge in [0.25, 0.3) is 5.91 Å². The molecule has 0 heterocycles. The van der Waals surface area contributed by atoms with Gasteiger partial charge in [0.1, 0.15) is 0 Å². The monoisotopic (exact) mass is 260 g/mol. The predicted molar refractivity (Wildman–Crippen MR) is 67.3 cm³/mol. The van der Waals surface area contributed by atoms with Crippen LogP contribution in [0.4, 0.5) is 0 Å². The molecule has 0 saturated heterocycles. The van der Waals surface area contributed by atoms with E-state index in [9.17, 15) is 4.79 Å². The Morgan fingerprint density at radius 3 is 2.38 bits per heavy atom.